The fourth-order valence-corrected chi connectivity index (χ4v) is 3.31. The van der Waals surface area contributed by atoms with Gasteiger partial charge in [-0.2, -0.15) is 0 Å². The number of nitrogens with zero attached hydrogens (tertiary/aromatic N) is 3. The van der Waals surface area contributed by atoms with Gasteiger partial charge in [0.15, 0.2) is 5.82 Å². The summed E-state index contributed by atoms with van der Waals surface area (Å²) in [5.74, 6) is 1.24. The summed E-state index contributed by atoms with van der Waals surface area (Å²) in [6, 6.07) is 7.88. The summed E-state index contributed by atoms with van der Waals surface area (Å²) in [5.41, 5.74) is 1.12. The van der Waals surface area contributed by atoms with Crippen molar-refractivity contribution in [3.63, 3.8) is 0 Å². The molecule has 1 aromatic heterocycles. The first kappa shape index (κ1) is 19.2. The molecule has 1 amide bonds. The molecule has 3 rings (SSSR count). The molecular weight excluding hydrogens is 344 g/mol. The van der Waals surface area contributed by atoms with Crippen molar-refractivity contribution in [1.82, 2.24) is 15.3 Å². The number of ether oxygens (including phenoxy) is 2. The van der Waals surface area contributed by atoms with Gasteiger partial charge < -0.3 is 19.7 Å². The summed E-state index contributed by atoms with van der Waals surface area (Å²) in [6.07, 6.45) is 2.75. The number of benzene rings is 1. The number of aromatic nitrogens is 2. The summed E-state index contributed by atoms with van der Waals surface area (Å²) < 4.78 is 10.9. The molecule has 0 unspecified atom stereocenters. The number of amides is 1. The van der Waals surface area contributed by atoms with Gasteiger partial charge >= 0.3 is 6.09 Å². The van der Waals surface area contributed by atoms with Gasteiger partial charge in [-0.15, -0.1) is 0 Å². The van der Waals surface area contributed by atoms with Crippen LogP contribution in [0.2, 0.25) is 0 Å². The molecule has 1 aliphatic heterocycles. The molecule has 146 valence electrons. The SMILES string of the molecule is COc1nc2ccccc2nc1N1CCCC[C@@H]1CNC(=O)OC(C)(C)C. The second kappa shape index (κ2) is 7.98. The maximum Gasteiger partial charge on any atom is 0.407 e. The average Bonchev–Trinajstić information content (AvgIpc) is 2.64. The summed E-state index contributed by atoms with van der Waals surface area (Å²) >= 11 is 0. The standard InChI is InChI=1S/C20H28N4O3/c1-20(2,3)27-19(25)21-13-14-9-7-8-12-24(14)17-18(26-4)23-16-11-6-5-10-15(16)22-17/h5-6,10-11,14H,7-9,12-13H2,1-4H3,(H,21,25)/t14-/m1/s1. The largest absolute Gasteiger partial charge is 0.478 e. The van der Waals surface area contributed by atoms with E-state index >= 15 is 0 Å². The Labute approximate surface area is 160 Å². The molecule has 0 spiro atoms. The van der Waals surface area contributed by atoms with Crippen molar-refractivity contribution in [2.24, 2.45) is 0 Å². The minimum absolute atomic E-state index is 0.121. The Hall–Kier alpha value is -2.57. The lowest BCUT2D eigenvalue weighted by Gasteiger charge is -2.37. The zero-order chi connectivity index (χ0) is 19.4. The highest BCUT2D eigenvalue weighted by Gasteiger charge is 2.28. The van der Waals surface area contributed by atoms with Gasteiger partial charge in [-0.05, 0) is 52.2 Å². The normalized spacial score (nSPS) is 17.6. The van der Waals surface area contributed by atoms with Crippen LogP contribution in [-0.4, -0.2) is 47.9 Å². The second-order valence-electron chi connectivity index (χ2n) is 7.77. The van der Waals surface area contributed by atoms with E-state index in [0.717, 1.165) is 42.7 Å². The van der Waals surface area contributed by atoms with Crippen LogP contribution in [0.5, 0.6) is 5.88 Å². The smallest absolute Gasteiger partial charge is 0.407 e. The Morgan fingerprint density at radius 3 is 2.59 bits per heavy atom. The number of hydrogen-bond donors (Lipinski definition) is 1. The molecule has 0 radical (unpaired) electrons. The summed E-state index contributed by atoms with van der Waals surface area (Å²) in [7, 11) is 1.61. The average molecular weight is 372 g/mol. The van der Waals surface area contributed by atoms with E-state index in [2.05, 4.69) is 15.2 Å². The highest BCUT2D eigenvalue weighted by atomic mass is 16.6. The van der Waals surface area contributed by atoms with Crippen LogP contribution in [0, 0.1) is 0 Å². The number of anilines is 1. The van der Waals surface area contributed by atoms with Gasteiger partial charge in [0.2, 0.25) is 0 Å². The van der Waals surface area contributed by atoms with Crippen LogP contribution in [0.25, 0.3) is 11.0 Å². The van der Waals surface area contributed by atoms with E-state index in [1.54, 1.807) is 7.11 Å². The summed E-state index contributed by atoms with van der Waals surface area (Å²) in [5, 5.41) is 2.89. The van der Waals surface area contributed by atoms with Gasteiger partial charge in [-0.1, -0.05) is 12.1 Å². The lowest BCUT2D eigenvalue weighted by atomic mass is 10.0. The molecule has 27 heavy (non-hydrogen) atoms. The molecule has 1 aromatic carbocycles. The van der Waals surface area contributed by atoms with E-state index in [0.29, 0.717) is 12.4 Å². The molecule has 7 nitrogen and oxygen atoms in total. The lowest BCUT2D eigenvalue weighted by Crippen LogP contribution is -2.48. The number of carbonyl (C=O) groups is 1. The third-order valence-electron chi connectivity index (χ3n) is 4.49. The van der Waals surface area contributed by atoms with Gasteiger partial charge in [0, 0.05) is 19.1 Å². The lowest BCUT2D eigenvalue weighted by molar-refractivity contribution is 0.0523. The van der Waals surface area contributed by atoms with Gasteiger partial charge in [0.05, 0.1) is 18.1 Å². The fourth-order valence-electron chi connectivity index (χ4n) is 3.31. The number of carbonyl (C=O) groups excluding carboxylic acids is 1. The number of nitrogens with one attached hydrogen (secondary N) is 1. The summed E-state index contributed by atoms with van der Waals surface area (Å²) in [6.45, 7) is 6.91. The molecule has 1 atom stereocenters. The van der Waals surface area contributed by atoms with E-state index in [-0.39, 0.29) is 6.04 Å². The zero-order valence-corrected chi connectivity index (χ0v) is 16.5. The molecule has 0 bridgehead atoms. The van der Waals surface area contributed by atoms with Crippen LogP contribution in [0.15, 0.2) is 24.3 Å². The van der Waals surface area contributed by atoms with Gasteiger partial charge in [-0.3, -0.25) is 0 Å². The maximum atomic E-state index is 12.0. The predicted octanol–water partition coefficient (Wildman–Crippen LogP) is 3.52. The minimum Gasteiger partial charge on any atom is -0.478 e. The Morgan fingerprint density at radius 1 is 1.22 bits per heavy atom. The minimum atomic E-state index is -0.511. The van der Waals surface area contributed by atoms with Crippen LogP contribution < -0.4 is 15.0 Å². The number of methoxy groups -OCH3 is 1. The monoisotopic (exact) mass is 372 g/mol. The first-order valence-electron chi connectivity index (χ1n) is 9.41. The quantitative estimate of drug-likeness (QED) is 0.885. The van der Waals surface area contributed by atoms with Crippen molar-refractivity contribution < 1.29 is 14.3 Å². The number of alkyl carbamates (subject to hydrolysis) is 1. The van der Waals surface area contributed by atoms with Crippen LogP contribution in [0.3, 0.4) is 0 Å². The molecule has 0 aliphatic carbocycles. The Kier molecular flexibility index (Phi) is 5.68. The number of piperidine rings is 1. The first-order valence-corrected chi connectivity index (χ1v) is 9.41. The first-order chi connectivity index (χ1) is 12.9. The van der Waals surface area contributed by atoms with Gasteiger partial charge in [0.25, 0.3) is 5.88 Å². The van der Waals surface area contributed by atoms with E-state index in [4.69, 9.17) is 14.5 Å². The molecule has 1 aliphatic rings. The molecule has 0 saturated carbocycles. The third kappa shape index (κ3) is 4.78. The van der Waals surface area contributed by atoms with E-state index in [1.165, 1.54) is 0 Å². The van der Waals surface area contributed by atoms with Crippen molar-refractivity contribution in [3.05, 3.63) is 24.3 Å². The van der Waals surface area contributed by atoms with Gasteiger partial charge in [-0.25, -0.2) is 14.8 Å². The highest BCUT2D eigenvalue weighted by molar-refractivity contribution is 5.77. The van der Waals surface area contributed by atoms with Crippen molar-refractivity contribution in [2.75, 3.05) is 25.1 Å². The Balaban J connectivity index is 1.81. The van der Waals surface area contributed by atoms with Crippen LogP contribution in [-0.2, 0) is 4.74 Å². The van der Waals surface area contributed by atoms with Crippen molar-refractivity contribution in [3.8, 4) is 5.88 Å². The maximum absolute atomic E-state index is 12.0. The Bertz CT molecular complexity index is 803. The van der Waals surface area contributed by atoms with Crippen molar-refractivity contribution in [2.45, 2.75) is 51.7 Å². The van der Waals surface area contributed by atoms with Crippen molar-refractivity contribution in [1.29, 1.82) is 0 Å². The van der Waals surface area contributed by atoms with Crippen molar-refractivity contribution >= 4 is 22.9 Å². The zero-order valence-electron chi connectivity index (χ0n) is 16.5. The van der Waals surface area contributed by atoms with Crippen LogP contribution >= 0.6 is 0 Å². The molecule has 1 N–H and O–H groups in total. The molecule has 7 heteroatoms. The molecule has 1 fully saturated rings. The third-order valence-corrected chi connectivity index (χ3v) is 4.49. The number of rotatable bonds is 4. The van der Waals surface area contributed by atoms with E-state index < -0.39 is 11.7 Å². The summed E-state index contributed by atoms with van der Waals surface area (Å²) in [4.78, 5) is 23.6. The number of fused-ring (bicyclic) bond motifs is 1. The van der Waals surface area contributed by atoms with E-state index in [1.807, 2.05) is 45.0 Å². The predicted molar refractivity (Wildman–Crippen MR) is 105 cm³/mol. The highest BCUT2D eigenvalue weighted by Crippen LogP contribution is 2.31. The van der Waals surface area contributed by atoms with Crippen LogP contribution in [0.1, 0.15) is 40.0 Å². The second-order valence-corrected chi connectivity index (χ2v) is 7.77. The molecule has 1 saturated heterocycles. The van der Waals surface area contributed by atoms with Crippen LogP contribution in [0.4, 0.5) is 10.6 Å². The molecular formula is C20H28N4O3. The Morgan fingerprint density at radius 2 is 1.93 bits per heavy atom. The van der Waals surface area contributed by atoms with E-state index in [9.17, 15) is 4.79 Å². The fraction of sp³-hybridized carbons (Fsp3) is 0.550. The number of hydrogen-bond acceptors (Lipinski definition) is 6. The topological polar surface area (TPSA) is 76.6 Å². The number of para-hydroxylation sites is 2. The molecule has 2 heterocycles. The molecule has 2 aromatic rings. The van der Waals surface area contributed by atoms with Gasteiger partial charge in [0.1, 0.15) is 5.60 Å².